The van der Waals surface area contributed by atoms with E-state index in [2.05, 4.69) is 134 Å². The van der Waals surface area contributed by atoms with E-state index in [4.69, 9.17) is 9.42 Å². The summed E-state index contributed by atoms with van der Waals surface area (Å²) in [6.45, 7) is 9.85. The van der Waals surface area contributed by atoms with Crippen LogP contribution in [0.25, 0.3) is 0 Å². The number of benzene rings is 3. The Labute approximate surface area is 246 Å². The molecule has 0 radical (unpaired) electrons. The summed E-state index contributed by atoms with van der Waals surface area (Å²) in [7, 11) is -2.55. The first-order chi connectivity index (χ1) is 19.5. The molecule has 5 rings (SSSR count). The molecule has 0 spiro atoms. The molecule has 3 aromatic carbocycles. The number of aliphatic imine (C=N–C) groups is 1. The molecule has 2 heterocycles. The van der Waals surface area contributed by atoms with Crippen LogP contribution in [0.5, 0.6) is 0 Å². The van der Waals surface area contributed by atoms with Crippen molar-refractivity contribution in [3.63, 3.8) is 0 Å². The van der Waals surface area contributed by atoms with Crippen molar-refractivity contribution < 1.29 is 4.43 Å². The van der Waals surface area contributed by atoms with E-state index in [-0.39, 0.29) is 11.1 Å². The molecule has 0 aliphatic carbocycles. The minimum Gasteiger partial charge on any atom is -0.405 e. The molecule has 6 heteroatoms. The lowest BCUT2D eigenvalue weighted by molar-refractivity contribution is 0.233. The fourth-order valence-corrected chi connectivity index (χ4v) is 11.8. The molecule has 1 N–H and O–H groups in total. The van der Waals surface area contributed by atoms with Gasteiger partial charge in [-0.25, -0.2) is 4.99 Å². The van der Waals surface area contributed by atoms with Gasteiger partial charge >= 0.3 is 0 Å². The third-order valence-corrected chi connectivity index (χ3v) is 14.5. The van der Waals surface area contributed by atoms with Gasteiger partial charge in [-0.05, 0) is 52.4 Å². The zero-order valence-corrected chi connectivity index (χ0v) is 26.2. The van der Waals surface area contributed by atoms with Gasteiger partial charge in [-0.1, -0.05) is 112 Å². The van der Waals surface area contributed by atoms with Gasteiger partial charge < -0.3 is 14.6 Å². The number of thioether (sulfide) groups is 1. The summed E-state index contributed by atoms with van der Waals surface area (Å²) >= 11 is 2.08. The van der Waals surface area contributed by atoms with Crippen LogP contribution in [0.15, 0.2) is 96.0 Å². The number of guanidine groups is 1. The number of hydrogen-bond acceptors (Lipinski definition) is 5. The fraction of sp³-hybridized carbons (Fsp3) is 0.441. The van der Waals surface area contributed by atoms with Crippen LogP contribution in [0.2, 0.25) is 5.04 Å². The highest BCUT2D eigenvalue weighted by Crippen LogP contribution is 2.37. The fourth-order valence-electron chi connectivity index (χ4n) is 6.12. The lowest BCUT2D eigenvalue weighted by atomic mass is 10.1. The van der Waals surface area contributed by atoms with E-state index in [1.165, 1.54) is 41.0 Å². The van der Waals surface area contributed by atoms with Gasteiger partial charge in [-0.2, -0.15) is 11.8 Å². The van der Waals surface area contributed by atoms with E-state index in [0.29, 0.717) is 12.6 Å². The molecule has 212 valence electrons. The van der Waals surface area contributed by atoms with E-state index in [9.17, 15) is 0 Å². The molecule has 2 aliphatic heterocycles. The van der Waals surface area contributed by atoms with Crippen molar-refractivity contribution in [3.8, 4) is 0 Å². The second-order valence-electron chi connectivity index (χ2n) is 12.2. The highest BCUT2D eigenvalue weighted by Gasteiger charge is 2.50. The lowest BCUT2D eigenvalue weighted by Gasteiger charge is -2.44. The molecule has 0 bridgehead atoms. The zero-order chi connectivity index (χ0) is 27.8. The zero-order valence-electron chi connectivity index (χ0n) is 24.4. The molecule has 40 heavy (non-hydrogen) atoms. The molecule has 1 fully saturated rings. The Morgan fingerprint density at radius 2 is 1.48 bits per heavy atom. The minimum atomic E-state index is -2.55. The van der Waals surface area contributed by atoms with Crippen LogP contribution >= 0.6 is 11.8 Å². The van der Waals surface area contributed by atoms with Gasteiger partial charge in [-0.15, -0.1) is 0 Å². The van der Waals surface area contributed by atoms with Gasteiger partial charge in [0.1, 0.15) is 0 Å². The molecular weight excluding hydrogens is 527 g/mol. The van der Waals surface area contributed by atoms with Gasteiger partial charge in [0.25, 0.3) is 8.32 Å². The van der Waals surface area contributed by atoms with Crippen LogP contribution in [0, 0.1) is 0 Å². The Kier molecular flexibility index (Phi) is 9.71. The minimum absolute atomic E-state index is 0.0184. The maximum Gasteiger partial charge on any atom is 0.261 e. The van der Waals surface area contributed by atoms with Crippen molar-refractivity contribution in [2.75, 3.05) is 31.2 Å². The number of rotatable bonds is 11. The summed E-state index contributed by atoms with van der Waals surface area (Å²) in [5, 5.41) is 6.44. The van der Waals surface area contributed by atoms with Crippen molar-refractivity contribution in [1.82, 2.24) is 10.2 Å². The molecule has 1 saturated heterocycles. The van der Waals surface area contributed by atoms with Crippen LogP contribution < -0.4 is 15.7 Å². The monoisotopic (exact) mass is 571 g/mol. The summed E-state index contributed by atoms with van der Waals surface area (Å²) in [5.74, 6) is 3.44. The van der Waals surface area contributed by atoms with E-state index in [1.54, 1.807) is 0 Å². The molecule has 3 aromatic rings. The molecule has 0 unspecified atom stereocenters. The van der Waals surface area contributed by atoms with Gasteiger partial charge in [0, 0.05) is 24.9 Å². The van der Waals surface area contributed by atoms with Crippen LogP contribution in [0.1, 0.15) is 45.6 Å². The standard InChI is InChI=1S/C34H45N3OSSi/c1-34(2,3)40(31-17-9-5-10-18-31,32-19-11-6-12-20-32)38-26-29-21-23-37-24-22-30(36-33(37)35-29)27-39-25-13-16-28-14-7-4-8-15-28/h4-12,14-15,17-20,29-30H,13,16,21-27H2,1-3H3,(H,35,36)/t29-,30-/m1/s1. The van der Waals surface area contributed by atoms with Crippen molar-refractivity contribution >= 4 is 36.4 Å². The highest BCUT2D eigenvalue weighted by atomic mass is 32.2. The Morgan fingerprint density at radius 1 is 0.875 bits per heavy atom. The lowest BCUT2D eigenvalue weighted by Crippen LogP contribution is -2.67. The Bertz CT molecular complexity index is 1180. The molecule has 4 nitrogen and oxygen atoms in total. The number of aryl methyl sites for hydroxylation is 1. The van der Waals surface area contributed by atoms with Crippen molar-refractivity contribution in [2.45, 2.75) is 63.6 Å². The SMILES string of the molecule is CC(C)(C)[Si](OC[C@H]1CCN2CC[C@H](CSCCCc3ccccc3)NC2=N1)(c1ccccc1)c1ccccc1. The van der Waals surface area contributed by atoms with E-state index < -0.39 is 8.32 Å². The number of hydrogen-bond donors (Lipinski definition) is 1. The Morgan fingerprint density at radius 3 is 2.10 bits per heavy atom. The van der Waals surface area contributed by atoms with Crippen LogP contribution in [0.3, 0.4) is 0 Å². The summed E-state index contributed by atoms with van der Waals surface area (Å²) in [6, 6.07) is 33.4. The maximum absolute atomic E-state index is 7.22. The molecule has 0 aromatic heterocycles. The van der Waals surface area contributed by atoms with E-state index in [1.807, 2.05) is 0 Å². The summed E-state index contributed by atoms with van der Waals surface area (Å²) < 4.78 is 7.22. The first kappa shape index (κ1) is 29.0. The Balaban J connectivity index is 1.22. The van der Waals surface area contributed by atoms with Gasteiger partial charge in [0.2, 0.25) is 0 Å². The topological polar surface area (TPSA) is 36.9 Å². The maximum atomic E-state index is 7.22. The molecule has 0 amide bonds. The first-order valence-electron chi connectivity index (χ1n) is 14.9. The largest absolute Gasteiger partial charge is 0.405 e. The first-order valence-corrected chi connectivity index (χ1v) is 18.0. The predicted molar refractivity (Wildman–Crippen MR) is 175 cm³/mol. The molecule has 0 saturated carbocycles. The average Bonchev–Trinajstić information content (AvgIpc) is 2.98. The smallest absolute Gasteiger partial charge is 0.261 e. The second kappa shape index (κ2) is 13.4. The van der Waals surface area contributed by atoms with Crippen molar-refractivity contribution in [3.05, 3.63) is 96.6 Å². The van der Waals surface area contributed by atoms with Gasteiger partial charge in [0.15, 0.2) is 5.96 Å². The molecular formula is C34H45N3OSSi. The predicted octanol–water partition coefficient (Wildman–Crippen LogP) is 5.72. The van der Waals surface area contributed by atoms with Gasteiger partial charge in [0.05, 0.1) is 12.6 Å². The number of nitrogens with one attached hydrogen (secondary N) is 1. The van der Waals surface area contributed by atoms with Crippen LogP contribution in [-0.2, 0) is 10.8 Å². The van der Waals surface area contributed by atoms with E-state index >= 15 is 0 Å². The van der Waals surface area contributed by atoms with Crippen LogP contribution in [-0.4, -0.2) is 62.5 Å². The third-order valence-electron chi connectivity index (χ3n) is 8.24. The van der Waals surface area contributed by atoms with Crippen molar-refractivity contribution in [2.24, 2.45) is 4.99 Å². The second-order valence-corrected chi connectivity index (χ2v) is 17.6. The number of fused-ring (bicyclic) bond motifs is 1. The molecule has 2 atom stereocenters. The van der Waals surface area contributed by atoms with Crippen molar-refractivity contribution in [1.29, 1.82) is 0 Å². The summed E-state index contributed by atoms with van der Waals surface area (Å²) in [6.07, 6.45) is 4.63. The summed E-state index contributed by atoms with van der Waals surface area (Å²) in [4.78, 5) is 7.67. The number of nitrogens with zero attached hydrogens (tertiary/aromatic N) is 2. The summed E-state index contributed by atoms with van der Waals surface area (Å²) in [5.41, 5.74) is 1.44. The normalized spacial score (nSPS) is 19.5. The highest BCUT2D eigenvalue weighted by molar-refractivity contribution is 7.99. The van der Waals surface area contributed by atoms with Crippen LogP contribution in [0.4, 0.5) is 0 Å². The Hall–Kier alpha value is -2.54. The quantitative estimate of drug-likeness (QED) is 0.236. The van der Waals surface area contributed by atoms with E-state index in [0.717, 1.165) is 31.2 Å². The van der Waals surface area contributed by atoms with Gasteiger partial charge in [-0.3, -0.25) is 0 Å². The molecule has 2 aliphatic rings. The average molecular weight is 572 g/mol. The third kappa shape index (κ3) is 6.84.